The molecular formula is C17H19N3O7S2. The van der Waals surface area contributed by atoms with E-state index in [1.54, 1.807) is 16.2 Å². The standard InChI is InChI=1S/C17H19N3O7S2/c21-17(28-11-14(27-20(24)25)10-26-19(22)23)18-7-5-12(6-8-18)16-9-13-3-1-2-4-15(13)29-16/h1-4,9,12,14H,5-8,10-11H2. The lowest BCUT2D eigenvalue weighted by Gasteiger charge is -2.31. The third kappa shape index (κ3) is 5.94. The van der Waals surface area contributed by atoms with Crippen LogP contribution in [-0.2, 0) is 9.68 Å². The van der Waals surface area contributed by atoms with Crippen molar-refractivity contribution in [1.82, 2.24) is 4.90 Å². The highest BCUT2D eigenvalue weighted by molar-refractivity contribution is 8.13. The Morgan fingerprint density at radius 2 is 1.97 bits per heavy atom. The number of thioether (sulfide) groups is 1. The number of benzene rings is 1. The Morgan fingerprint density at radius 3 is 2.62 bits per heavy atom. The van der Waals surface area contributed by atoms with Gasteiger partial charge in [0, 0.05) is 28.4 Å². The molecule has 0 saturated carbocycles. The van der Waals surface area contributed by atoms with Crippen molar-refractivity contribution in [3.05, 3.63) is 55.4 Å². The molecule has 0 bridgehead atoms. The Labute approximate surface area is 174 Å². The Kier molecular flexibility index (Phi) is 7.09. The van der Waals surface area contributed by atoms with Crippen molar-refractivity contribution in [3.8, 4) is 0 Å². The summed E-state index contributed by atoms with van der Waals surface area (Å²) in [4.78, 5) is 44.6. The second-order valence-corrected chi connectivity index (χ2v) is 8.58. The number of nitrogens with zero attached hydrogens (tertiary/aromatic N) is 3. The van der Waals surface area contributed by atoms with E-state index in [4.69, 9.17) is 0 Å². The van der Waals surface area contributed by atoms with Crippen molar-refractivity contribution in [2.24, 2.45) is 0 Å². The summed E-state index contributed by atoms with van der Waals surface area (Å²) in [6.45, 7) is 0.579. The molecule has 12 heteroatoms. The first-order chi connectivity index (χ1) is 13.9. The molecule has 0 N–H and O–H groups in total. The number of piperidine rings is 1. The van der Waals surface area contributed by atoms with Gasteiger partial charge < -0.3 is 14.6 Å². The predicted octanol–water partition coefficient (Wildman–Crippen LogP) is 3.72. The van der Waals surface area contributed by atoms with Gasteiger partial charge in [-0.15, -0.1) is 31.6 Å². The molecule has 1 saturated heterocycles. The molecular weight excluding hydrogens is 422 g/mol. The third-order valence-electron chi connectivity index (χ3n) is 4.59. The first kappa shape index (κ1) is 21.1. The van der Waals surface area contributed by atoms with Crippen molar-refractivity contribution in [3.63, 3.8) is 0 Å². The fraction of sp³-hybridized carbons (Fsp3) is 0.471. The van der Waals surface area contributed by atoms with Gasteiger partial charge in [0.1, 0.15) is 12.7 Å². The summed E-state index contributed by atoms with van der Waals surface area (Å²) in [5, 5.41) is 19.7. The van der Waals surface area contributed by atoms with Crippen LogP contribution in [0.25, 0.3) is 10.1 Å². The zero-order valence-electron chi connectivity index (χ0n) is 15.3. The van der Waals surface area contributed by atoms with Crippen molar-refractivity contribution in [1.29, 1.82) is 0 Å². The van der Waals surface area contributed by atoms with E-state index in [-0.39, 0.29) is 11.0 Å². The van der Waals surface area contributed by atoms with Crippen molar-refractivity contribution >= 4 is 38.4 Å². The third-order valence-corrected chi connectivity index (χ3v) is 6.92. The minimum absolute atomic E-state index is 0.107. The molecule has 3 rings (SSSR count). The van der Waals surface area contributed by atoms with Crippen LogP contribution in [0.3, 0.4) is 0 Å². The maximum absolute atomic E-state index is 12.4. The number of thiophene rings is 1. The minimum Gasteiger partial charge on any atom is -0.334 e. The molecule has 29 heavy (non-hydrogen) atoms. The first-order valence-corrected chi connectivity index (χ1v) is 10.7. The molecule has 1 aromatic heterocycles. The van der Waals surface area contributed by atoms with Crippen LogP contribution in [0.4, 0.5) is 4.79 Å². The molecule has 1 atom stereocenters. The molecule has 0 aliphatic carbocycles. The highest BCUT2D eigenvalue weighted by Gasteiger charge is 2.26. The normalized spacial score (nSPS) is 15.8. The van der Waals surface area contributed by atoms with E-state index in [1.165, 1.54) is 15.0 Å². The molecule has 1 aliphatic heterocycles. The fourth-order valence-corrected chi connectivity index (χ4v) is 5.26. The molecule has 1 unspecified atom stereocenters. The summed E-state index contributed by atoms with van der Waals surface area (Å²) in [6, 6.07) is 10.4. The summed E-state index contributed by atoms with van der Waals surface area (Å²) < 4.78 is 1.25. The molecule has 0 radical (unpaired) electrons. The Hall–Kier alpha value is -2.60. The number of hydrogen-bond donors (Lipinski definition) is 0. The second-order valence-electron chi connectivity index (χ2n) is 6.50. The summed E-state index contributed by atoms with van der Waals surface area (Å²) in [5.41, 5.74) is 0. The Bertz CT molecular complexity index is 850. The summed E-state index contributed by atoms with van der Waals surface area (Å²) >= 11 is 2.63. The van der Waals surface area contributed by atoms with Crippen LogP contribution in [0.1, 0.15) is 23.6 Å². The van der Waals surface area contributed by atoms with Gasteiger partial charge in [0.05, 0.1) is 0 Å². The predicted molar refractivity (Wildman–Crippen MR) is 108 cm³/mol. The first-order valence-electron chi connectivity index (χ1n) is 8.91. The highest BCUT2D eigenvalue weighted by atomic mass is 32.2. The Balaban J connectivity index is 1.48. The Morgan fingerprint density at radius 1 is 1.24 bits per heavy atom. The number of likely N-dealkylation sites (tertiary alicyclic amines) is 1. The number of amides is 1. The van der Waals surface area contributed by atoms with Gasteiger partial charge in [-0.25, -0.2) is 0 Å². The summed E-state index contributed by atoms with van der Waals surface area (Å²) in [7, 11) is 0. The lowest BCUT2D eigenvalue weighted by Crippen LogP contribution is -2.36. The smallest absolute Gasteiger partial charge is 0.294 e. The van der Waals surface area contributed by atoms with Crippen LogP contribution in [0.5, 0.6) is 0 Å². The van der Waals surface area contributed by atoms with E-state index in [2.05, 4.69) is 27.9 Å². The van der Waals surface area contributed by atoms with Crippen molar-refractivity contribution in [2.45, 2.75) is 24.9 Å². The van der Waals surface area contributed by atoms with Crippen molar-refractivity contribution < 1.29 is 24.6 Å². The van der Waals surface area contributed by atoms with Gasteiger partial charge in [0.15, 0.2) is 0 Å². The van der Waals surface area contributed by atoms with E-state index >= 15 is 0 Å². The average molecular weight is 441 g/mol. The molecule has 1 aromatic carbocycles. The molecule has 2 heterocycles. The van der Waals surface area contributed by atoms with Gasteiger partial charge in [-0.05, 0) is 36.3 Å². The van der Waals surface area contributed by atoms with Gasteiger partial charge in [0.25, 0.3) is 15.4 Å². The largest absolute Gasteiger partial charge is 0.334 e. The van der Waals surface area contributed by atoms with Crippen LogP contribution < -0.4 is 0 Å². The van der Waals surface area contributed by atoms with Crippen LogP contribution >= 0.6 is 23.1 Å². The van der Waals surface area contributed by atoms with Crippen LogP contribution in [0, 0.1) is 20.2 Å². The molecule has 0 spiro atoms. The topological polar surface area (TPSA) is 125 Å². The number of hydrogen-bond acceptors (Lipinski definition) is 9. The molecule has 1 fully saturated rings. The average Bonchev–Trinajstić information content (AvgIpc) is 3.13. The maximum Gasteiger partial charge on any atom is 0.294 e. The second kappa shape index (κ2) is 9.74. The van der Waals surface area contributed by atoms with Crippen LogP contribution in [0.15, 0.2) is 30.3 Å². The quantitative estimate of drug-likeness (QED) is 0.448. The lowest BCUT2D eigenvalue weighted by atomic mass is 9.95. The lowest BCUT2D eigenvalue weighted by molar-refractivity contribution is -0.788. The zero-order chi connectivity index (χ0) is 20.8. The van der Waals surface area contributed by atoms with Gasteiger partial charge in [-0.1, -0.05) is 30.0 Å². The van der Waals surface area contributed by atoms with Crippen molar-refractivity contribution in [2.75, 3.05) is 25.4 Å². The fourth-order valence-electron chi connectivity index (χ4n) is 3.18. The van der Waals surface area contributed by atoms with Crippen LogP contribution in [-0.4, -0.2) is 51.9 Å². The molecule has 10 nitrogen and oxygen atoms in total. The van der Waals surface area contributed by atoms with Gasteiger partial charge in [0.2, 0.25) is 0 Å². The van der Waals surface area contributed by atoms with E-state index in [0.717, 1.165) is 24.6 Å². The SMILES string of the molecule is O=C(SCC(CO[N+](=O)[O-])O[N+](=O)[O-])N1CCC(c2cc3ccccc3s2)CC1. The molecule has 1 aliphatic rings. The highest BCUT2D eigenvalue weighted by Crippen LogP contribution is 2.36. The maximum atomic E-state index is 12.4. The van der Waals surface area contributed by atoms with Gasteiger partial charge in [-0.3, -0.25) is 4.79 Å². The number of carbonyl (C=O) groups excluding carboxylic acids is 1. The molecule has 156 valence electrons. The number of fused-ring (bicyclic) bond motifs is 1. The zero-order valence-corrected chi connectivity index (χ0v) is 16.9. The minimum atomic E-state index is -1.19. The number of rotatable bonds is 8. The molecule has 1 amide bonds. The molecule has 2 aromatic rings. The number of carbonyl (C=O) groups is 1. The summed E-state index contributed by atoms with van der Waals surface area (Å²) in [6.07, 6.45) is 0.497. The van der Waals surface area contributed by atoms with E-state index < -0.39 is 22.9 Å². The van der Waals surface area contributed by atoms with E-state index in [1.807, 2.05) is 12.1 Å². The van der Waals surface area contributed by atoms with E-state index in [0.29, 0.717) is 19.0 Å². The van der Waals surface area contributed by atoms with Crippen LogP contribution in [0.2, 0.25) is 0 Å². The van der Waals surface area contributed by atoms with Gasteiger partial charge in [-0.2, -0.15) is 0 Å². The van der Waals surface area contributed by atoms with Gasteiger partial charge >= 0.3 is 0 Å². The monoisotopic (exact) mass is 441 g/mol. The summed E-state index contributed by atoms with van der Waals surface area (Å²) in [5.74, 6) is 0.296. The van der Waals surface area contributed by atoms with E-state index in [9.17, 15) is 25.0 Å².